The number of fused-ring (bicyclic) bond motifs is 1. The third-order valence-corrected chi connectivity index (χ3v) is 6.79. The molecule has 32 heavy (non-hydrogen) atoms. The lowest BCUT2D eigenvalue weighted by molar-refractivity contribution is -0.140. The molecule has 160 valence electrons. The van der Waals surface area contributed by atoms with Crippen LogP contribution in [0.15, 0.2) is 70.3 Å². The molecule has 2 bridgehead atoms. The van der Waals surface area contributed by atoms with Crippen LogP contribution in [0.2, 0.25) is 0 Å². The number of rotatable bonds is 4. The quantitative estimate of drug-likeness (QED) is 0.359. The molecule has 7 nitrogen and oxygen atoms in total. The van der Waals surface area contributed by atoms with Gasteiger partial charge in [-0.2, -0.15) is 15.2 Å². The Bertz CT molecular complexity index is 1240. The minimum atomic E-state index is -0.275. The maximum Gasteiger partial charge on any atom is 0.254 e. The molecule has 0 N–H and O–H groups in total. The van der Waals surface area contributed by atoms with Crippen molar-refractivity contribution in [1.82, 2.24) is 14.8 Å². The molecule has 4 aliphatic rings. The predicted octanol–water partition coefficient (Wildman–Crippen LogP) is 3.97. The van der Waals surface area contributed by atoms with Crippen LogP contribution in [0.3, 0.4) is 0 Å². The SMILES string of the molecule is Cc1ccc(-c2nn(-c3ccccc3)cc2/C=N\N2C(=O)[C@@H]3[C@@H](C2=O)[C@H]2C=C[C@H]3CC2)o1. The highest BCUT2D eigenvalue weighted by Crippen LogP contribution is 2.49. The molecule has 3 aromatic rings. The zero-order valence-electron chi connectivity index (χ0n) is 17.6. The number of hydrazone groups is 1. The highest BCUT2D eigenvalue weighted by Gasteiger charge is 2.56. The summed E-state index contributed by atoms with van der Waals surface area (Å²) >= 11 is 0. The van der Waals surface area contributed by atoms with Gasteiger partial charge >= 0.3 is 0 Å². The lowest BCUT2D eigenvalue weighted by Gasteiger charge is -2.37. The summed E-state index contributed by atoms with van der Waals surface area (Å²) in [7, 11) is 0. The normalized spacial score (nSPS) is 26.5. The van der Waals surface area contributed by atoms with Gasteiger partial charge in [0, 0.05) is 11.8 Å². The molecule has 0 radical (unpaired) electrons. The Balaban J connectivity index is 1.36. The third kappa shape index (κ3) is 2.88. The van der Waals surface area contributed by atoms with Crippen LogP contribution in [0.4, 0.5) is 0 Å². The van der Waals surface area contributed by atoms with E-state index in [-0.39, 0.29) is 35.5 Å². The van der Waals surface area contributed by atoms with Crippen LogP contribution in [0, 0.1) is 30.6 Å². The molecule has 1 saturated carbocycles. The van der Waals surface area contributed by atoms with Crippen LogP contribution in [-0.2, 0) is 9.59 Å². The van der Waals surface area contributed by atoms with E-state index in [2.05, 4.69) is 22.4 Å². The average Bonchev–Trinajstić information content (AvgIpc) is 3.51. The van der Waals surface area contributed by atoms with Gasteiger partial charge in [-0.15, -0.1) is 0 Å². The summed E-state index contributed by atoms with van der Waals surface area (Å²) in [5.74, 6) is 0.726. The number of hydrogen-bond acceptors (Lipinski definition) is 5. The minimum Gasteiger partial charge on any atom is -0.460 e. The number of carbonyl (C=O) groups excluding carboxylic acids is 2. The number of allylic oxidation sites excluding steroid dienone is 2. The maximum absolute atomic E-state index is 13.1. The standard InChI is InChI=1S/C25H22N4O3/c1-15-7-12-20(32-15)23-18(14-28(27-23)19-5-3-2-4-6-19)13-26-29-24(30)21-16-8-9-17(11-10-16)22(21)25(29)31/h2-9,12-14,16-17,21-22H,10-11H2,1H3/b26-13-/t16-,17-,21-,22-/m0/s1. The average molecular weight is 426 g/mol. The number of carbonyl (C=O) groups is 2. The number of imide groups is 1. The van der Waals surface area contributed by atoms with Gasteiger partial charge in [0.2, 0.25) is 0 Å². The molecule has 7 heteroatoms. The molecule has 2 aromatic heterocycles. The summed E-state index contributed by atoms with van der Waals surface area (Å²) in [6, 6.07) is 13.4. The molecule has 3 heterocycles. The van der Waals surface area contributed by atoms with Gasteiger partial charge in [0.1, 0.15) is 11.5 Å². The fourth-order valence-corrected chi connectivity index (χ4v) is 5.24. The van der Waals surface area contributed by atoms with Crippen LogP contribution in [0.5, 0.6) is 0 Å². The minimum absolute atomic E-state index is 0.143. The van der Waals surface area contributed by atoms with Crippen molar-refractivity contribution in [2.24, 2.45) is 28.8 Å². The van der Waals surface area contributed by atoms with Crippen LogP contribution < -0.4 is 0 Å². The number of furan rings is 1. The number of amides is 2. The van der Waals surface area contributed by atoms with E-state index in [1.807, 2.05) is 55.6 Å². The van der Waals surface area contributed by atoms with Gasteiger partial charge in [0.25, 0.3) is 11.8 Å². The van der Waals surface area contributed by atoms with E-state index in [4.69, 9.17) is 4.42 Å². The number of aromatic nitrogens is 2. The van der Waals surface area contributed by atoms with Crippen molar-refractivity contribution in [3.63, 3.8) is 0 Å². The second-order valence-corrected chi connectivity index (χ2v) is 8.70. The Morgan fingerprint density at radius 2 is 1.69 bits per heavy atom. The first kappa shape index (κ1) is 19.0. The Morgan fingerprint density at radius 1 is 1.00 bits per heavy atom. The number of para-hydroxylation sites is 1. The fraction of sp³-hybridized carbons (Fsp3) is 0.280. The second kappa shape index (κ2) is 7.15. The molecule has 0 unspecified atom stereocenters. The van der Waals surface area contributed by atoms with Crippen molar-refractivity contribution in [2.75, 3.05) is 0 Å². The molecular weight excluding hydrogens is 404 g/mol. The van der Waals surface area contributed by atoms with Crippen LogP contribution in [0.1, 0.15) is 24.2 Å². The van der Waals surface area contributed by atoms with Gasteiger partial charge in [-0.05, 0) is 55.9 Å². The second-order valence-electron chi connectivity index (χ2n) is 8.70. The zero-order chi connectivity index (χ0) is 21.8. The lowest BCUT2D eigenvalue weighted by atomic mass is 9.63. The van der Waals surface area contributed by atoms with Crippen LogP contribution in [-0.4, -0.2) is 32.8 Å². The highest BCUT2D eigenvalue weighted by atomic mass is 16.3. The molecule has 1 saturated heterocycles. The van der Waals surface area contributed by atoms with Crippen molar-refractivity contribution in [2.45, 2.75) is 19.8 Å². The van der Waals surface area contributed by atoms with Crippen LogP contribution in [0.25, 0.3) is 17.1 Å². The largest absolute Gasteiger partial charge is 0.460 e. The topological polar surface area (TPSA) is 80.7 Å². The van der Waals surface area contributed by atoms with E-state index in [0.29, 0.717) is 17.0 Å². The molecule has 1 aromatic carbocycles. The summed E-state index contributed by atoms with van der Waals surface area (Å²) in [4.78, 5) is 26.1. The fourth-order valence-electron chi connectivity index (χ4n) is 5.24. The van der Waals surface area contributed by atoms with E-state index >= 15 is 0 Å². The van der Waals surface area contributed by atoms with E-state index < -0.39 is 0 Å². The van der Waals surface area contributed by atoms with Gasteiger partial charge in [-0.25, -0.2) is 4.68 Å². The Labute approximate surface area is 185 Å². The summed E-state index contributed by atoms with van der Waals surface area (Å²) in [6.07, 6.45) is 9.51. The van der Waals surface area contributed by atoms with Crippen LogP contribution >= 0.6 is 0 Å². The molecule has 7 rings (SSSR count). The first-order valence-electron chi connectivity index (χ1n) is 10.9. The molecule has 1 aliphatic heterocycles. The van der Waals surface area contributed by atoms with Crippen molar-refractivity contribution in [1.29, 1.82) is 0 Å². The Hall–Kier alpha value is -3.74. The summed E-state index contributed by atoms with van der Waals surface area (Å²) in [6.45, 7) is 1.87. The van der Waals surface area contributed by atoms with E-state index in [0.717, 1.165) is 29.3 Å². The predicted molar refractivity (Wildman–Crippen MR) is 118 cm³/mol. The first-order valence-corrected chi connectivity index (χ1v) is 10.9. The van der Waals surface area contributed by atoms with Crippen molar-refractivity contribution >= 4 is 18.0 Å². The highest BCUT2D eigenvalue weighted by molar-refractivity contribution is 6.06. The summed E-state index contributed by atoms with van der Waals surface area (Å²) in [5, 5.41) is 10.1. The van der Waals surface area contributed by atoms with Gasteiger partial charge in [0.15, 0.2) is 5.76 Å². The molecule has 0 spiro atoms. The number of aryl methyl sites for hydroxylation is 1. The molecule has 2 fully saturated rings. The van der Waals surface area contributed by atoms with E-state index in [1.54, 1.807) is 10.9 Å². The Morgan fingerprint density at radius 3 is 2.28 bits per heavy atom. The molecule has 2 amide bonds. The monoisotopic (exact) mass is 426 g/mol. The zero-order valence-corrected chi connectivity index (χ0v) is 17.6. The van der Waals surface area contributed by atoms with Crippen molar-refractivity contribution < 1.29 is 14.0 Å². The van der Waals surface area contributed by atoms with Gasteiger partial charge in [-0.3, -0.25) is 9.59 Å². The Kier molecular flexibility index (Phi) is 4.24. The van der Waals surface area contributed by atoms with E-state index in [9.17, 15) is 9.59 Å². The molecular formula is C25H22N4O3. The molecule has 3 aliphatic carbocycles. The number of nitrogens with zero attached hydrogens (tertiary/aromatic N) is 4. The smallest absolute Gasteiger partial charge is 0.254 e. The van der Waals surface area contributed by atoms with E-state index in [1.165, 1.54) is 0 Å². The number of hydrogen-bond donors (Lipinski definition) is 0. The van der Waals surface area contributed by atoms with Gasteiger partial charge in [-0.1, -0.05) is 30.4 Å². The molecule has 4 atom stereocenters. The van der Waals surface area contributed by atoms with Crippen molar-refractivity contribution in [3.8, 4) is 17.1 Å². The summed E-state index contributed by atoms with van der Waals surface area (Å²) < 4.78 is 7.54. The lowest BCUT2D eigenvalue weighted by Crippen LogP contribution is -2.38. The van der Waals surface area contributed by atoms with Gasteiger partial charge in [0.05, 0.1) is 23.7 Å². The number of benzene rings is 1. The maximum atomic E-state index is 13.1. The van der Waals surface area contributed by atoms with Crippen molar-refractivity contribution in [3.05, 3.63) is 72.1 Å². The third-order valence-electron chi connectivity index (χ3n) is 6.79. The first-order chi connectivity index (χ1) is 15.6. The summed E-state index contributed by atoms with van der Waals surface area (Å²) in [5.41, 5.74) is 2.15. The van der Waals surface area contributed by atoms with Gasteiger partial charge < -0.3 is 4.42 Å².